The first-order valence-corrected chi connectivity index (χ1v) is 8.45. The van der Waals surface area contributed by atoms with Gasteiger partial charge in [-0.3, -0.25) is 14.9 Å². The maximum absolute atomic E-state index is 12.1. The van der Waals surface area contributed by atoms with E-state index < -0.39 is 23.5 Å². The minimum atomic E-state index is -0.937. The minimum absolute atomic E-state index is 0.0540. The molecule has 0 fully saturated rings. The number of thioether (sulfide) groups is 1. The van der Waals surface area contributed by atoms with Gasteiger partial charge in [-0.15, -0.1) is 11.8 Å². The van der Waals surface area contributed by atoms with Crippen LogP contribution in [-0.4, -0.2) is 39.5 Å². The summed E-state index contributed by atoms with van der Waals surface area (Å²) < 4.78 is 5.51. The number of non-ortho nitro benzene ring substituents is 1. The number of nitro groups is 1. The Hall–Kier alpha value is -1.88. The summed E-state index contributed by atoms with van der Waals surface area (Å²) in [5.41, 5.74) is 0.0251. The van der Waals surface area contributed by atoms with Crippen LogP contribution in [0.15, 0.2) is 44.3 Å². The van der Waals surface area contributed by atoms with Crippen molar-refractivity contribution in [1.29, 1.82) is 0 Å². The van der Waals surface area contributed by atoms with Gasteiger partial charge in [0.15, 0.2) is 10.4 Å². The summed E-state index contributed by atoms with van der Waals surface area (Å²) in [4.78, 5) is 23.0. The second-order valence-electron chi connectivity index (χ2n) is 4.68. The number of halogens is 1. The zero-order valence-corrected chi connectivity index (χ0v) is 14.5. The number of anilines is 1. The lowest BCUT2D eigenvalue weighted by atomic mass is 10.2. The lowest BCUT2D eigenvalue weighted by molar-refractivity contribution is -0.385. The minimum Gasteiger partial charge on any atom is -0.444 e. The van der Waals surface area contributed by atoms with Gasteiger partial charge in [0.05, 0.1) is 17.6 Å². The number of carbonyl (C=O) groups is 1. The number of amides is 1. The molecular formula is C14H13BrN2O6S. The third-order valence-electron chi connectivity index (χ3n) is 2.81. The highest BCUT2D eigenvalue weighted by atomic mass is 79.9. The number of rotatable bonds is 7. The molecule has 0 aliphatic heterocycles. The number of hydrogen-bond acceptors (Lipinski definition) is 7. The number of nitrogens with zero attached hydrogens (tertiary/aromatic N) is 1. The molecular weight excluding hydrogens is 404 g/mol. The van der Waals surface area contributed by atoms with Crippen LogP contribution >= 0.6 is 27.7 Å². The monoisotopic (exact) mass is 416 g/mol. The van der Waals surface area contributed by atoms with Gasteiger partial charge >= 0.3 is 0 Å². The molecule has 0 radical (unpaired) electrons. The summed E-state index contributed by atoms with van der Waals surface area (Å²) in [6.45, 7) is -0.404. The van der Waals surface area contributed by atoms with Gasteiger partial charge in [0.1, 0.15) is 0 Å². The summed E-state index contributed by atoms with van der Waals surface area (Å²) in [5.74, 6) is -0.332. The predicted molar refractivity (Wildman–Crippen MR) is 91.3 cm³/mol. The molecule has 1 heterocycles. The fourth-order valence-corrected chi connectivity index (χ4v) is 2.93. The Bertz CT molecular complexity index is 751. The molecule has 0 aliphatic carbocycles. The van der Waals surface area contributed by atoms with Crippen LogP contribution in [0, 0.1) is 10.1 Å². The quantitative estimate of drug-likeness (QED) is 0.359. The average molecular weight is 417 g/mol. The molecule has 0 bridgehead atoms. The Morgan fingerprint density at radius 1 is 1.42 bits per heavy atom. The fraction of sp³-hybridized carbons (Fsp3) is 0.214. The van der Waals surface area contributed by atoms with E-state index in [1.54, 1.807) is 6.07 Å². The van der Waals surface area contributed by atoms with Crippen LogP contribution in [0.5, 0.6) is 0 Å². The largest absolute Gasteiger partial charge is 0.444 e. The highest BCUT2D eigenvalue weighted by molar-refractivity contribution is 9.10. The van der Waals surface area contributed by atoms with E-state index in [4.69, 9.17) is 9.52 Å². The molecule has 1 aromatic carbocycles. The molecule has 128 valence electrons. The summed E-state index contributed by atoms with van der Waals surface area (Å²) in [6.07, 6.45) is -0.937. The number of aliphatic hydroxyl groups is 2. The first kappa shape index (κ1) is 18.5. The third-order valence-corrected chi connectivity index (χ3v) is 4.36. The summed E-state index contributed by atoms with van der Waals surface area (Å²) in [7, 11) is 0. The van der Waals surface area contributed by atoms with E-state index in [0.29, 0.717) is 9.56 Å². The zero-order valence-electron chi connectivity index (χ0n) is 12.1. The Kier molecular flexibility index (Phi) is 6.37. The predicted octanol–water partition coefficient (Wildman–Crippen LogP) is 2.65. The molecule has 3 N–H and O–H groups in total. The number of benzene rings is 1. The standard InChI is InChI=1S/C14H13BrN2O6S/c15-13-2-1-12(23-13)14(20)16-8-3-9(17(21)22)5-11(4-8)24-7-10(19)6-18/h1-5,10,18-19H,6-7H2,(H,16,20)/t10-/m1/s1. The lowest BCUT2D eigenvalue weighted by Crippen LogP contribution is -2.14. The maximum atomic E-state index is 12.1. The second-order valence-corrected chi connectivity index (χ2v) is 6.55. The number of nitrogens with one attached hydrogen (secondary N) is 1. The van der Waals surface area contributed by atoms with Crippen molar-refractivity contribution >= 4 is 45.0 Å². The van der Waals surface area contributed by atoms with Gasteiger partial charge in [0.2, 0.25) is 0 Å². The summed E-state index contributed by atoms with van der Waals surface area (Å²) in [5, 5.41) is 31.7. The van der Waals surface area contributed by atoms with Gasteiger partial charge in [-0.2, -0.15) is 0 Å². The van der Waals surface area contributed by atoms with Gasteiger partial charge in [-0.1, -0.05) is 0 Å². The van der Waals surface area contributed by atoms with E-state index in [1.807, 2.05) is 0 Å². The van der Waals surface area contributed by atoms with Crippen LogP contribution in [0.3, 0.4) is 0 Å². The molecule has 8 nitrogen and oxygen atoms in total. The van der Waals surface area contributed by atoms with Crippen LogP contribution in [-0.2, 0) is 0 Å². The topological polar surface area (TPSA) is 126 Å². The van der Waals surface area contributed by atoms with Gasteiger partial charge in [-0.25, -0.2) is 0 Å². The number of aliphatic hydroxyl groups excluding tert-OH is 2. The van der Waals surface area contributed by atoms with Crippen LogP contribution in [0.25, 0.3) is 0 Å². The van der Waals surface area contributed by atoms with Crippen molar-refractivity contribution in [3.8, 4) is 0 Å². The number of hydrogen-bond donors (Lipinski definition) is 3. The molecule has 0 spiro atoms. The number of carbonyl (C=O) groups excluding carboxylic acids is 1. The van der Waals surface area contributed by atoms with Crippen LogP contribution < -0.4 is 5.32 Å². The van der Waals surface area contributed by atoms with Gasteiger partial charge in [0, 0.05) is 28.5 Å². The molecule has 1 amide bonds. The molecule has 1 aromatic heterocycles. The Labute approximate surface area is 149 Å². The van der Waals surface area contributed by atoms with Gasteiger partial charge < -0.3 is 19.9 Å². The second kappa shape index (κ2) is 8.29. The van der Waals surface area contributed by atoms with Crippen molar-refractivity contribution in [2.75, 3.05) is 17.7 Å². The van der Waals surface area contributed by atoms with Gasteiger partial charge in [-0.05, 0) is 34.1 Å². The van der Waals surface area contributed by atoms with E-state index in [2.05, 4.69) is 21.2 Å². The maximum Gasteiger partial charge on any atom is 0.291 e. The van der Waals surface area contributed by atoms with Crippen LogP contribution in [0.4, 0.5) is 11.4 Å². The van der Waals surface area contributed by atoms with E-state index in [1.165, 1.54) is 24.3 Å². The summed E-state index contributed by atoms with van der Waals surface area (Å²) >= 11 is 4.21. The normalized spacial score (nSPS) is 12.0. The first-order chi connectivity index (χ1) is 11.4. The first-order valence-electron chi connectivity index (χ1n) is 6.67. The molecule has 24 heavy (non-hydrogen) atoms. The average Bonchev–Trinajstić information content (AvgIpc) is 2.99. The lowest BCUT2D eigenvalue weighted by Gasteiger charge is -2.09. The van der Waals surface area contributed by atoms with Crippen LogP contribution in [0.2, 0.25) is 0 Å². The molecule has 2 rings (SSSR count). The Morgan fingerprint density at radius 2 is 2.17 bits per heavy atom. The highest BCUT2D eigenvalue weighted by Gasteiger charge is 2.15. The molecule has 1 atom stereocenters. The smallest absolute Gasteiger partial charge is 0.291 e. The van der Waals surface area contributed by atoms with Crippen molar-refractivity contribution in [2.24, 2.45) is 0 Å². The zero-order chi connectivity index (χ0) is 17.7. The van der Waals surface area contributed by atoms with Crippen molar-refractivity contribution in [2.45, 2.75) is 11.0 Å². The van der Waals surface area contributed by atoms with E-state index in [9.17, 15) is 20.0 Å². The van der Waals surface area contributed by atoms with E-state index >= 15 is 0 Å². The molecule has 10 heteroatoms. The van der Waals surface area contributed by atoms with Crippen molar-refractivity contribution in [3.63, 3.8) is 0 Å². The molecule has 0 saturated heterocycles. The number of nitro benzene ring substituents is 1. The molecule has 0 saturated carbocycles. The highest BCUT2D eigenvalue weighted by Crippen LogP contribution is 2.29. The molecule has 0 aliphatic rings. The summed E-state index contributed by atoms with van der Waals surface area (Å²) in [6, 6.07) is 7.11. The van der Waals surface area contributed by atoms with E-state index in [0.717, 1.165) is 11.8 Å². The van der Waals surface area contributed by atoms with Gasteiger partial charge in [0.25, 0.3) is 11.6 Å². The third kappa shape index (κ3) is 5.06. The van der Waals surface area contributed by atoms with Crippen LogP contribution in [0.1, 0.15) is 10.6 Å². The van der Waals surface area contributed by atoms with Crippen molar-refractivity contribution < 1.29 is 24.3 Å². The molecule has 0 unspecified atom stereocenters. The Morgan fingerprint density at radius 3 is 2.75 bits per heavy atom. The Balaban J connectivity index is 2.19. The SMILES string of the molecule is O=C(Nc1cc(SC[C@H](O)CO)cc([N+](=O)[O-])c1)c1ccc(Br)o1. The van der Waals surface area contributed by atoms with Crippen molar-refractivity contribution in [1.82, 2.24) is 0 Å². The number of furan rings is 1. The fourth-order valence-electron chi connectivity index (χ4n) is 1.72. The van der Waals surface area contributed by atoms with E-state index in [-0.39, 0.29) is 22.9 Å². The van der Waals surface area contributed by atoms with Crippen molar-refractivity contribution in [3.05, 3.63) is 50.9 Å². The molecule has 2 aromatic rings.